The summed E-state index contributed by atoms with van der Waals surface area (Å²) in [5.74, 6) is 1.07. The van der Waals surface area contributed by atoms with Crippen LogP contribution in [0.4, 0.5) is 0 Å². The van der Waals surface area contributed by atoms with Gasteiger partial charge in [0.25, 0.3) is 0 Å². The highest BCUT2D eigenvalue weighted by atomic mass is 15.3. The third kappa shape index (κ3) is 6.78. The number of nitrogens with two attached hydrogens (primary N) is 1. The Morgan fingerprint density at radius 1 is 1.40 bits per heavy atom. The zero-order valence-corrected chi connectivity index (χ0v) is 10.2. The monoisotopic (exact) mass is 210 g/mol. The molecule has 0 fully saturated rings. The van der Waals surface area contributed by atoms with Crippen LogP contribution in [0.1, 0.15) is 34.1 Å². The van der Waals surface area contributed by atoms with E-state index >= 15 is 0 Å². The van der Waals surface area contributed by atoms with Crippen LogP contribution in [0.5, 0.6) is 0 Å². The lowest BCUT2D eigenvalue weighted by molar-refractivity contribution is 0.366. The van der Waals surface area contributed by atoms with Gasteiger partial charge >= 0.3 is 0 Å². The molecule has 0 aliphatic heterocycles. The molecule has 0 aromatic rings. The van der Waals surface area contributed by atoms with Crippen molar-refractivity contribution in [3.8, 4) is 6.07 Å². The molecule has 0 aromatic heterocycles. The third-order valence-electron chi connectivity index (χ3n) is 1.79. The molecule has 4 heteroatoms. The summed E-state index contributed by atoms with van der Waals surface area (Å²) in [6, 6.07) is 2.32. The van der Waals surface area contributed by atoms with E-state index in [0.29, 0.717) is 24.8 Å². The molecule has 0 radical (unpaired) electrons. The van der Waals surface area contributed by atoms with Crippen LogP contribution >= 0.6 is 0 Å². The van der Waals surface area contributed by atoms with E-state index in [2.05, 4.69) is 24.9 Å². The Balaban J connectivity index is 4.41. The van der Waals surface area contributed by atoms with E-state index in [1.165, 1.54) is 0 Å². The highest BCUT2D eigenvalue weighted by molar-refractivity contribution is 5.78. The summed E-state index contributed by atoms with van der Waals surface area (Å²) in [5, 5.41) is 8.56. The Hall–Kier alpha value is -1.24. The Morgan fingerprint density at radius 2 is 2.00 bits per heavy atom. The summed E-state index contributed by atoms with van der Waals surface area (Å²) in [6.45, 7) is 9.75. The van der Waals surface area contributed by atoms with Crippen LogP contribution < -0.4 is 5.73 Å². The normalized spacial score (nSPS) is 11.9. The maximum Gasteiger partial charge on any atom is 0.191 e. The molecule has 2 N–H and O–H groups in total. The van der Waals surface area contributed by atoms with Gasteiger partial charge in [-0.1, -0.05) is 13.8 Å². The molecule has 0 unspecified atom stereocenters. The molecule has 0 aromatic carbocycles. The van der Waals surface area contributed by atoms with Gasteiger partial charge in [0, 0.05) is 19.1 Å². The molecule has 4 nitrogen and oxygen atoms in total. The van der Waals surface area contributed by atoms with Crippen molar-refractivity contribution >= 4 is 5.96 Å². The van der Waals surface area contributed by atoms with Crippen LogP contribution in [0.2, 0.25) is 0 Å². The second-order valence-corrected chi connectivity index (χ2v) is 4.33. The van der Waals surface area contributed by atoms with Crippen LogP contribution in [-0.2, 0) is 0 Å². The van der Waals surface area contributed by atoms with Crippen molar-refractivity contribution in [2.45, 2.75) is 40.2 Å². The van der Waals surface area contributed by atoms with E-state index in [-0.39, 0.29) is 6.04 Å². The summed E-state index contributed by atoms with van der Waals surface area (Å²) in [7, 11) is 0. The zero-order chi connectivity index (χ0) is 11.8. The van der Waals surface area contributed by atoms with Gasteiger partial charge in [0.2, 0.25) is 0 Å². The van der Waals surface area contributed by atoms with Crippen molar-refractivity contribution in [2.24, 2.45) is 16.6 Å². The Kier molecular flexibility index (Phi) is 6.52. The topological polar surface area (TPSA) is 65.4 Å². The van der Waals surface area contributed by atoms with Gasteiger partial charge in [-0.2, -0.15) is 5.26 Å². The fourth-order valence-corrected chi connectivity index (χ4v) is 1.27. The second-order valence-electron chi connectivity index (χ2n) is 4.33. The van der Waals surface area contributed by atoms with Crippen LogP contribution in [0.3, 0.4) is 0 Å². The maximum atomic E-state index is 8.56. The quantitative estimate of drug-likeness (QED) is 0.553. The number of rotatable bonds is 5. The van der Waals surface area contributed by atoms with E-state index in [4.69, 9.17) is 11.0 Å². The van der Waals surface area contributed by atoms with Crippen LogP contribution in [0.15, 0.2) is 4.99 Å². The van der Waals surface area contributed by atoms with Crippen molar-refractivity contribution in [1.29, 1.82) is 5.26 Å². The lowest BCUT2D eigenvalue weighted by Gasteiger charge is -2.24. The van der Waals surface area contributed by atoms with Crippen molar-refractivity contribution < 1.29 is 0 Å². The van der Waals surface area contributed by atoms with E-state index in [0.717, 1.165) is 6.54 Å². The predicted molar refractivity (Wildman–Crippen MR) is 63.4 cm³/mol. The Labute approximate surface area is 92.8 Å². The van der Waals surface area contributed by atoms with Crippen LogP contribution in [-0.4, -0.2) is 30.0 Å². The molecule has 0 spiro atoms. The molecule has 86 valence electrons. The van der Waals surface area contributed by atoms with Crippen molar-refractivity contribution in [3.05, 3.63) is 0 Å². The molecule has 0 atom stereocenters. The first-order chi connectivity index (χ1) is 6.97. The van der Waals surface area contributed by atoms with Gasteiger partial charge in [-0.25, -0.2) is 0 Å². The molecular weight excluding hydrogens is 188 g/mol. The fraction of sp³-hybridized carbons (Fsp3) is 0.818. The van der Waals surface area contributed by atoms with Gasteiger partial charge in [-0.15, -0.1) is 0 Å². The first-order valence-corrected chi connectivity index (χ1v) is 5.42. The number of nitriles is 1. The van der Waals surface area contributed by atoms with Crippen molar-refractivity contribution in [3.63, 3.8) is 0 Å². The molecular formula is C11H22N4. The van der Waals surface area contributed by atoms with E-state index < -0.39 is 0 Å². The lowest BCUT2D eigenvalue weighted by atomic mass is 10.2. The number of nitrogens with zero attached hydrogens (tertiary/aromatic N) is 3. The maximum absolute atomic E-state index is 8.56. The van der Waals surface area contributed by atoms with Crippen LogP contribution in [0.25, 0.3) is 0 Å². The highest BCUT2D eigenvalue weighted by Gasteiger charge is 2.09. The fourth-order valence-electron chi connectivity index (χ4n) is 1.27. The van der Waals surface area contributed by atoms with E-state index in [1.54, 1.807) is 0 Å². The minimum Gasteiger partial charge on any atom is -0.370 e. The number of guanidine groups is 1. The summed E-state index contributed by atoms with van der Waals surface area (Å²) < 4.78 is 0. The Bertz CT molecular complexity index is 237. The zero-order valence-electron chi connectivity index (χ0n) is 10.2. The average Bonchev–Trinajstić information content (AvgIpc) is 2.10. The molecule has 0 rings (SSSR count). The van der Waals surface area contributed by atoms with Crippen molar-refractivity contribution in [1.82, 2.24) is 4.90 Å². The molecule has 0 saturated carbocycles. The van der Waals surface area contributed by atoms with E-state index in [1.807, 2.05) is 18.7 Å². The summed E-state index contributed by atoms with van der Waals surface area (Å²) in [5.41, 5.74) is 5.87. The molecule has 0 saturated heterocycles. The molecule has 0 bridgehead atoms. The van der Waals surface area contributed by atoms with Gasteiger partial charge < -0.3 is 10.6 Å². The Morgan fingerprint density at radius 3 is 2.40 bits per heavy atom. The lowest BCUT2D eigenvalue weighted by Crippen LogP contribution is -2.40. The SMILES string of the molecule is CC(C)CN(CCC#N)C(N)=NC(C)C. The summed E-state index contributed by atoms with van der Waals surface area (Å²) in [6.07, 6.45) is 0.487. The standard InChI is InChI=1S/C11H22N4/c1-9(2)8-15(7-5-6-12)11(13)14-10(3)4/h9-10H,5,7-8H2,1-4H3,(H2,13,14). The minimum atomic E-state index is 0.196. The minimum absolute atomic E-state index is 0.196. The second kappa shape index (κ2) is 7.10. The first kappa shape index (κ1) is 13.8. The van der Waals surface area contributed by atoms with Gasteiger partial charge in [0.1, 0.15) is 0 Å². The molecule has 0 heterocycles. The number of aliphatic imine (C=N–C) groups is 1. The summed E-state index contributed by atoms with van der Waals surface area (Å²) in [4.78, 5) is 6.27. The van der Waals surface area contributed by atoms with Crippen molar-refractivity contribution in [2.75, 3.05) is 13.1 Å². The van der Waals surface area contributed by atoms with E-state index in [9.17, 15) is 0 Å². The largest absolute Gasteiger partial charge is 0.370 e. The molecule has 0 amide bonds. The van der Waals surface area contributed by atoms with Crippen LogP contribution in [0, 0.1) is 17.2 Å². The summed E-state index contributed by atoms with van der Waals surface area (Å²) >= 11 is 0. The van der Waals surface area contributed by atoms with Gasteiger partial charge in [0.15, 0.2) is 5.96 Å². The third-order valence-corrected chi connectivity index (χ3v) is 1.79. The van der Waals surface area contributed by atoms with Gasteiger partial charge in [-0.3, -0.25) is 4.99 Å². The van der Waals surface area contributed by atoms with Gasteiger partial charge in [0.05, 0.1) is 12.5 Å². The first-order valence-electron chi connectivity index (χ1n) is 5.42. The highest BCUT2D eigenvalue weighted by Crippen LogP contribution is 2.00. The number of hydrogen-bond acceptors (Lipinski definition) is 2. The smallest absolute Gasteiger partial charge is 0.191 e. The average molecular weight is 210 g/mol. The molecule has 0 aliphatic rings. The predicted octanol–water partition coefficient (Wildman–Crippen LogP) is 1.58. The molecule has 0 aliphatic carbocycles. The number of hydrogen-bond donors (Lipinski definition) is 1. The molecule has 15 heavy (non-hydrogen) atoms. The van der Waals surface area contributed by atoms with Gasteiger partial charge in [-0.05, 0) is 19.8 Å².